The maximum atomic E-state index is 13.2. The van der Waals surface area contributed by atoms with Crippen molar-refractivity contribution in [2.75, 3.05) is 18.4 Å². The summed E-state index contributed by atoms with van der Waals surface area (Å²) in [4.78, 5) is 30.4. The lowest BCUT2D eigenvalue weighted by Crippen LogP contribution is -2.40. The van der Waals surface area contributed by atoms with E-state index in [-0.39, 0.29) is 35.2 Å². The van der Waals surface area contributed by atoms with Gasteiger partial charge in [0.1, 0.15) is 10.7 Å². The van der Waals surface area contributed by atoms with Gasteiger partial charge in [0.25, 0.3) is 0 Å². The van der Waals surface area contributed by atoms with Crippen molar-refractivity contribution in [2.24, 2.45) is 29.1 Å². The summed E-state index contributed by atoms with van der Waals surface area (Å²) in [6.45, 7) is 1.61. The zero-order valence-electron chi connectivity index (χ0n) is 15.1. The molecule has 27 heavy (non-hydrogen) atoms. The summed E-state index contributed by atoms with van der Waals surface area (Å²) in [6, 6.07) is 3.63. The monoisotopic (exact) mass is 433 g/mol. The maximum Gasteiger partial charge on any atom is 0.310 e. The summed E-state index contributed by atoms with van der Waals surface area (Å²) in [5, 5.41) is 6.23. The van der Waals surface area contributed by atoms with Crippen LogP contribution in [-0.2, 0) is 14.3 Å². The molecule has 1 saturated heterocycles. The Balaban J connectivity index is 1.37. The van der Waals surface area contributed by atoms with Crippen LogP contribution in [0.2, 0.25) is 0 Å². The predicted molar refractivity (Wildman–Crippen MR) is 103 cm³/mol. The van der Waals surface area contributed by atoms with Crippen molar-refractivity contribution in [1.29, 1.82) is 0 Å². The normalized spacial score (nSPS) is 35.4. The molecule has 4 aliphatic rings. The summed E-state index contributed by atoms with van der Waals surface area (Å²) < 4.78 is 6.54. The molecule has 2 N–H and O–H groups in total. The number of hydrogen-bond donors (Lipinski definition) is 2. The van der Waals surface area contributed by atoms with Gasteiger partial charge in [-0.05, 0) is 84.0 Å². The Kier molecular flexibility index (Phi) is 4.27. The van der Waals surface area contributed by atoms with E-state index >= 15 is 0 Å². The van der Waals surface area contributed by atoms with Crippen molar-refractivity contribution in [3.8, 4) is 0 Å². The van der Waals surface area contributed by atoms with Crippen LogP contribution in [0.3, 0.4) is 0 Å². The van der Waals surface area contributed by atoms with Crippen LogP contribution in [-0.4, -0.2) is 36.1 Å². The third-order valence-electron chi connectivity index (χ3n) is 7.21. The topological polar surface area (TPSA) is 80.3 Å². The first kappa shape index (κ1) is 17.6. The van der Waals surface area contributed by atoms with E-state index in [9.17, 15) is 9.59 Å². The molecule has 3 aliphatic carbocycles. The highest BCUT2D eigenvalue weighted by atomic mass is 79.9. The number of aromatic nitrogens is 1. The lowest BCUT2D eigenvalue weighted by molar-refractivity contribution is -0.159. The number of amides is 1. The Morgan fingerprint density at radius 3 is 2.59 bits per heavy atom. The molecule has 2 bridgehead atoms. The van der Waals surface area contributed by atoms with E-state index in [2.05, 4.69) is 31.5 Å². The second kappa shape index (κ2) is 6.55. The molecule has 5 rings (SSSR count). The molecule has 6 nitrogen and oxygen atoms in total. The molecule has 1 spiro atoms. The van der Waals surface area contributed by atoms with Crippen LogP contribution in [0.15, 0.2) is 22.9 Å². The SMILES string of the molecule is O=C(O[C@@H]1CCNC1)[C@H]1[C@H](C(=O)Nc2ccc(Br)nc2)[C@@H]2CC[C@H]1C21CC1. The smallest absolute Gasteiger partial charge is 0.310 e. The molecule has 0 unspecified atom stereocenters. The number of rotatable bonds is 4. The summed E-state index contributed by atoms with van der Waals surface area (Å²) in [5.74, 6) is -0.166. The minimum absolute atomic E-state index is 0.0498. The molecule has 3 saturated carbocycles. The molecule has 4 fully saturated rings. The van der Waals surface area contributed by atoms with Crippen LogP contribution in [0, 0.1) is 29.1 Å². The lowest BCUT2D eigenvalue weighted by atomic mass is 9.78. The highest BCUT2D eigenvalue weighted by molar-refractivity contribution is 9.10. The number of pyridine rings is 1. The van der Waals surface area contributed by atoms with Crippen LogP contribution in [0.1, 0.15) is 32.1 Å². The minimum atomic E-state index is -0.296. The maximum absolute atomic E-state index is 13.2. The first-order valence-corrected chi connectivity index (χ1v) is 10.7. The van der Waals surface area contributed by atoms with Crippen LogP contribution in [0.25, 0.3) is 0 Å². The second-order valence-electron chi connectivity index (χ2n) is 8.49. The van der Waals surface area contributed by atoms with Gasteiger partial charge in [0.2, 0.25) is 5.91 Å². The van der Waals surface area contributed by atoms with Crippen molar-refractivity contribution < 1.29 is 14.3 Å². The molecule has 2 heterocycles. The minimum Gasteiger partial charge on any atom is -0.461 e. The number of nitrogens with zero attached hydrogens (tertiary/aromatic N) is 1. The zero-order valence-corrected chi connectivity index (χ0v) is 16.7. The summed E-state index contributed by atoms with van der Waals surface area (Å²) in [6.07, 6.45) is 6.86. The predicted octanol–water partition coefficient (Wildman–Crippen LogP) is 2.74. The molecular weight excluding hydrogens is 410 g/mol. The third-order valence-corrected chi connectivity index (χ3v) is 7.68. The standard InChI is InChI=1S/C20H24BrN3O3/c21-15-4-1-11(9-23-15)24-18(25)16-13-2-3-14(20(13)6-7-20)17(16)19(26)27-12-5-8-22-10-12/h1,4,9,12-14,16-17,22H,2-3,5-8,10H2,(H,24,25)/t12-,13+,14-,16-,17-/m1/s1. The number of hydrogen-bond acceptors (Lipinski definition) is 5. The molecule has 7 heteroatoms. The Bertz CT molecular complexity index is 758. The van der Waals surface area contributed by atoms with E-state index < -0.39 is 0 Å². The molecule has 5 atom stereocenters. The fourth-order valence-electron chi connectivity index (χ4n) is 5.97. The fraction of sp³-hybridized carbons (Fsp3) is 0.650. The first-order chi connectivity index (χ1) is 13.1. The third kappa shape index (κ3) is 2.90. The number of ether oxygens (including phenoxy) is 1. The Morgan fingerprint density at radius 2 is 1.96 bits per heavy atom. The van der Waals surface area contributed by atoms with E-state index in [4.69, 9.17) is 4.74 Å². The van der Waals surface area contributed by atoms with Crippen molar-refractivity contribution in [2.45, 2.75) is 38.2 Å². The van der Waals surface area contributed by atoms with Crippen LogP contribution in [0.5, 0.6) is 0 Å². The fourth-order valence-corrected chi connectivity index (χ4v) is 6.21. The summed E-state index contributed by atoms with van der Waals surface area (Å²) in [5.41, 5.74) is 0.889. The molecule has 0 radical (unpaired) electrons. The Hall–Kier alpha value is -1.47. The van der Waals surface area contributed by atoms with Gasteiger partial charge in [-0.1, -0.05) is 0 Å². The quantitative estimate of drug-likeness (QED) is 0.563. The number of esters is 1. The summed E-state index contributed by atoms with van der Waals surface area (Å²) >= 11 is 3.31. The van der Waals surface area contributed by atoms with Gasteiger partial charge in [0.15, 0.2) is 0 Å². The second-order valence-corrected chi connectivity index (χ2v) is 9.30. The van der Waals surface area contributed by atoms with Gasteiger partial charge in [-0.2, -0.15) is 0 Å². The van der Waals surface area contributed by atoms with E-state index in [1.165, 1.54) is 0 Å². The Labute approximate surface area is 167 Å². The molecule has 1 aromatic rings. The van der Waals surface area contributed by atoms with E-state index in [0.717, 1.165) is 49.8 Å². The molecule has 1 aliphatic heterocycles. The number of anilines is 1. The largest absolute Gasteiger partial charge is 0.461 e. The zero-order chi connectivity index (χ0) is 18.6. The van der Waals surface area contributed by atoms with Crippen LogP contribution < -0.4 is 10.6 Å². The molecular formula is C20H24BrN3O3. The van der Waals surface area contributed by atoms with Gasteiger partial charge >= 0.3 is 5.97 Å². The van der Waals surface area contributed by atoms with Crippen molar-refractivity contribution in [3.05, 3.63) is 22.9 Å². The van der Waals surface area contributed by atoms with E-state index in [1.54, 1.807) is 12.3 Å². The Morgan fingerprint density at radius 1 is 1.19 bits per heavy atom. The van der Waals surface area contributed by atoms with Gasteiger partial charge < -0.3 is 15.4 Å². The van der Waals surface area contributed by atoms with Gasteiger partial charge in [0, 0.05) is 6.54 Å². The molecule has 0 aromatic carbocycles. The van der Waals surface area contributed by atoms with Gasteiger partial charge in [0.05, 0.1) is 23.7 Å². The van der Waals surface area contributed by atoms with Gasteiger partial charge in [-0.3, -0.25) is 9.59 Å². The highest BCUT2D eigenvalue weighted by Crippen LogP contribution is 2.74. The average molecular weight is 434 g/mol. The first-order valence-electron chi connectivity index (χ1n) is 9.92. The van der Waals surface area contributed by atoms with Crippen molar-refractivity contribution >= 4 is 33.5 Å². The average Bonchev–Trinajstić information content (AvgIpc) is 3.02. The number of carbonyl (C=O) groups excluding carboxylic acids is 2. The summed E-state index contributed by atoms with van der Waals surface area (Å²) in [7, 11) is 0. The molecule has 144 valence electrons. The molecule has 1 aromatic heterocycles. The van der Waals surface area contributed by atoms with Crippen molar-refractivity contribution in [3.63, 3.8) is 0 Å². The number of nitrogens with one attached hydrogen (secondary N) is 2. The van der Waals surface area contributed by atoms with E-state index in [0.29, 0.717) is 17.5 Å². The van der Waals surface area contributed by atoms with Crippen molar-refractivity contribution in [1.82, 2.24) is 10.3 Å². The number of halogens is 1. The van der Waals surface area contributed by atoms with Crippen LogP contribution in [0.4, 0.5) is 5.69 Å². The van der Waals surface area contributed by atoms with Crippen LogP contribution >= 0.6 is 15.9 Å². The van der Waals surface area contributed by atoms with Gasteiger partial charge in [-0.15, -0.1) is 0 Å². The lowest BCUT2D eigenvalue weighted by Gasteiger charge is -2.29. The van der Waals surface area contributed by atoms with Gasteiger partial charge in [-0.25, -0.2) is 4.98 Å². The van der Waals surface area contributed by atoms with E-state index in [1.807, 2.05) is 6.07 Å². The highest BCUT2D eigenvalue weighted by Gasteiger charge is 2.72. The number of carbonyl (C=O) groups is 2. The molecule has 1 amide bonds.